The van der Waals surface area contributed by atoms with Crippen molar-refractivity contribution in [2.24, 2.45) is 11.8 Å². The van der Waals surface area contributed by atoms with Crippen molar-refractivity contribution in [3.8, 4) is 0 Å². The third-order valence-electron chi connectivity index (χ3n) is 5.69. The number of fused-ring (bicyclic) bond motifs is 1. The van der Waals surface area contributed by atoms with E-state index in [1.165, 1.54) is 40.0 Å². The second-order valence-corrected chi connectivity index (χ2v) is 10.3. The van der Waals surface area contributed by atoms with Crippen LogP contribution in [0.5, 0.6) is 0 Å². The Morgan fingerprint density at radius 2 is 1.63 bits per heavy atom. The van der Waals surface area contributed by atoms with Crippen LogP contribution in [0.3, 0.4) is 0 Å². The Labute approximate surface area is 221 Å². The van der Waals surface area contributed by atoms with Gasteiger partial charge < -0.3 is 33.5 Å². The van der Waals surface area contributed by atoms with Crippen LogP contribution >= 0.6 is 0 Å². The number of hydrogen-bond donors (Lipinski definition) is 1. The Bertz CT molecular complexity index is 1010. The van der Waals surface area contributed by atoms with Crippen LogP contribution in [0.15, 0.2) is 23.5 Å². The summed E-state index contributed by atoms with van der Waals surface area (Å²) < 4.78 is 32.1. The van der Waals surface area contributed by atoms with Gasteiger partial charge in [-0.15, -0.1) is 0 Å². The fourth-order valence-electron chi connectivity index (χ4n) is 4.23. The van der Waals surface area contributed by atoms with E-state index in [0.717, 1.165) is 6.92 Å². The van der Waals surface area contributed by atoms with E-state index in [0.29, 0.717) is 11.1 Å². The molecule has 0 aromatic heterocycles. The van der Waals surface area contributed by atoms with Crippen molar-refractivity contribution in [3.05, 3.63) is 23.5 Å². The van der Waals surface area contributed by atoms with Crippen LogP contribution in [0.1, 0.15) is 61.3 Å². The molecule has 12 nitrogen and oxygen atoms in total. The summed E-state index contributed by atoms with van der Waals surface area (Å²) in [5, 5.41) is 11.8. The third-order valence-corrected chi connectivity index (χ3v) is 5.69. The highest BCUT2D eigenvalue weighted by Crippen LogP contribution is 2.47. The minimum absolute atomic E-state index is 0.0302. The molecule has 0 amide bonds. The number of ether oxygens (including phenoxy) is 6. The van der Waals surface area contributed by atoms with Crippen molar-refractivity contribution in [1.29, 1.82) is 0 Å². The molecule has 0 saturated carbocycles. The van der Waals surface area contributed by atoms with Gasteiger partial charge in [0.05, 0.1) is 18.6 Å². The maximum absolute atomic E-state index is 12.8. The third kappa shape index (κ3) is 8.30. The van der Waals surface area contributed by atoms with Gasteiger partial charge in [0, 0.05) is 32.8 Å². The second-order valence-electron chi connectivity index (χ2n) is 10.3. The fourth-order valence-corrected chi connectivity index (χ4v) is 4.23. The molecule has 1 N–H and O–H groups in total. The molecule has 1 aliphatic carbocycles. The zero-order valence-corrected chi connectivity index (χ0v) is 22.7. The molecule has 2 aliphatic rings. The number of carbonyl (C=O) groups excluding carboxylic acids is 5. The predicted molar refractivity (Wildman–Crippen MR) is 129 cm³/mol. The lowest BCUT2D eigenvalue weighted by Gasteiger charge is -2.40. The molecule has 1 heterocycles. The molecule has 0 aromatic rings. The molecule has 0 unspecified atom stereocenters. The van der Waals surface area contributed by atoms with Crippen molar-refractivity contribution in [2.75, 3.05) is 13.2 Å². The van der Waals surface area contributed by atoms with Crippen molar-refractivity contribution in [3.63, 3.8) is 0 Å². The molecule has 0 spiro atoms. The van der Waals surface area contributed by atoms with E-state index in [1.54, 1.807) is 0 Å². The standard InChI is InChI=1S/C26H36O12/c1-14(2)8-21(30)36-20-9-19-18(11-33-15(3)27)12-34-24(23(19)26(20,32)13-35-16(4)28)37-22(31)10-25(6,7)38-17(5)29/h9,12,14,20,23-24,32H,8,10-11,13H2,1-7H3/t20-,23+,24-,26+/m1/s1. The average Bonchev–Trinajstić information content (AvgIpc) is 3.02. The highest BCUT2D eigenvalue weighted by molar-refractivity contribution is 5.73. The van der Waals surface area contributed by atoms with E-state index in [1.807, 2.05) is 13.8 Å². The van der Waals surface area contributed by atoms with Crippen molar-refractivity contribution < 1.29 is 57.5 Å². The number of carbonyl (C=O) groups is 5. The normalized spacial score (nSPS) is 24.3. The maximum Gasteiger partial charge on any atom is 0.312 e. The van der Waals surface area contributed by atoms with Crippen LogP contribution in [-0.4, -0.2) is 71.8 Å². The lowest BCUT2D eigenvalue weighted by molar-refractivity contribution is -0.219. The highest BCUT2D eigenvalue weighted by atomic mass is 16.7. The van der Waals surface area contributed by atoms with Crippen LogP contribution in [-0.2, 0) is 52.4 Å². The molecule has 0 saturated heterocycles. The fraction of sp³-hybridized carbons (Fsp3) is 0.654. The van der Waals surface area contributed by atoms with Crippen molar-refractivity contribution in [1.82, 2.24) is 0 Å². The number of hydrogen-bond acceptors (Lipinski definition) is 12. The van der Waals surface area contributed by atoms with Gasteiger partial charge in [-0.05, 0) is 31.4 Å². The zero-order chi connectivity index (χ0) is 28.8. The van der Waals surface area contributed by atoms with Crippen LogP contribution in [0, 0.1) is 11.8 Å². The minimum atomic E-state index is -2.10. The van der Waals surface area contributed by atoms with Gasteiger partial charge in [-0.25, -0.2) is 0 Å². The van der Waals surface area contributed by atoms with Gasteiger partial charge in [-0.3, -0.25) is 24.0 Å². The summed E-state index contributed by atoms with van der Waals surface area (Å²) in [4.78, 5) is 59.7. The topological polar surface area (TPSA) is 161 Å². The number of rotatable bonds is 11. The lowest BCUT2D eigenvalue weighted by Crippen LogP contribution is -2.56. The zero-order valence-electron chi connectivity index (χ0n) is 22.7. The second kappa shape index (κ2) is 12.4. The van der Waals surface area contributed by atoms with E-state index < -0.39 is 66.0 Å². The Morgan fingerprint density at radius 1 is 1.00 bits per heavy atom. The van der Waals surface area contributed by atoms with Gasteiger partial charge in [-0.1, -0.05) is 13.8 Å². The molecule has 0 radical (unpaired) electrons. The Hall–Kier alpha value is -3.41. The van der Waals surface area contributed by atoms with E-state index in [4.69, 9.17) is 28.4 Å². The van der Waals surface area contributed by atoms with Gasteiger partial charge in [0.25, 0.3) is 6.29 Å². The van der Waals surface area contributed by atoms with Crippen LogP contribution in [0.4, 0.5) is 0 Å². The Morgan fingerprint density at radius 3 is 2.18 bits per heavy atom. The average molecular weight is 541 g/mol. The summed E-state index contributed by atoms with van der Waals surface area (Å²) in [7, 11) is 0. The molecule has 2 rings (SSSR count). The van der Waals surface area contributed by atoms with Crippen LogP contribution < -0.4 is 0 Å². The maximum atomic E-state index is 12.8. The summed E-state index contributed by atoms with van der Waals surface area (Å²) in [6.45, 7) is 9.39. The summed E-state index contributed by atoms with van der Waals surface area (Å²) in [5.74, 6) is -4.51. The molecule has 12 heteroatoms. The summed E-state index contributed by atoms with van der Waals surface area (Å²) >= 11 is 0. The van der Waals surface area contributed by atoms with E-state index >= 15 is 0 Å². The van der Waals surface area contributed by atoms with Crippen molar-refractivity contribution in [2.45, 2.75) is 84.9 Å². The molecule has 0 fully saturated rings. The SMILES string of the molecule is CC(=O)OCC1=CO[C@H](OC(=O)CC(C)(C)OC(C)=O)[C@@H]2C1=C[C@@H](OC(=O)CC(C)C)[C@@]2(O)COC(C)=O. The summed E-state index contributed by atoms with van der Waals surface area (Å²) in [6, 6.07) is 0. The quantitative estimate of drug-likeness (QED) is 0.300. The van der Waals surface area contributed by atoms with Crippen molar-refractivity contribution >= 4 is 29.8 Å². The first-order chi connectivity index (χ1) is 17.5. The molecular formula is C26H36O12. The first-order valence-electron chi connectivity index (χ1n) is 12.2. The summed E-state index contributed by atoms with van der Waals surface area (Å²) in [5.41, 5.74) is -2.64. The van der Waals surface area contributed by atoms with Crippen LogP contribution in [0.2, 0.25) is 0 Å². The van der Waals surface area contributed by atoms with E-state index in [9.17, 15) is 29.1 Å². The summed E-state index contributed by atoms with van der Waals surface area (Å²) in [6.07, 6.45) is -0.382. The highest BCUT2D eigenvalue weighted by Gasteiger charge is 2.59. The van der Waals surface area contributed by atoms with E-state index in [-0.39, 0.29) is 25.4 Å². The monoisotopic (exact) mass is 540 g/mol. The lowest BCUT2D eigenvalue weighted by atomic mass is 9.82. The molecule has 1 aliphatic heterocycles. The molecule has 38 heavy (non-hydrogen) atoms. The smallest absolute Gasteiger partial charge is 0.312 e. The molecule has 4 atom stereocenters. The predicted octanol–water partition coefficient (Wildman–Crippen LogP) is 1.87. The molecule has 0 aromatic carbocycles. The van der Waals surface area contributed by atoms with Gasteiger partial charge in [0.2, 0.25) is 0 Å². The van der Waals surface area contributed by atoms with Crippen LogP contribution in [0.25, 0.3) is 0 Å². The van der Waals surface area contributed by atoms with Gasteiger partial charge in [-0.2, -0.15) is 0 Å². The largest absolute Gasteiger partial charge is 0.463 e. The van der Waals surface area contributed by atoms with Gasteiger partial charge >= 0.3 is 29.8 Å². The Kier molecular flexibility index (Phi) is 10.1. The Balaban J connectivity index is 2.44. The molecule has 212 valence electrons. The van der Waals surface area contributed by atoms with Gasteiger partial charge in [0.1, 0.15) is 18.8 Å². The first-order valence-corrected chi connectivity index (χ1v) is 12.2. The molecule has 0 bridgehead atoms. The first kappa shape index (κ1) is 30.8. The molecular weight excluding hydrogens is 504 g/mol. The number of esters is 5. The van der Waals surface area contributed by atoms with E-state index in [2.05, 4.69) is 0 Å². The minimum Gasteiger partial charge on any atom is -0.463 e. The number of aliphatic hydroxyl groups is 1. The van der Waals surface area contributed by atoms with Gasteiger partial charge in [0.15, 0.2) is 11.7 Å².